The molecule has 0 amide bonds. The van der Waals surface area contributed by atoms with Crippen molar-refractivity contribution in [2.75, 3.05) is 11.9 Å². The molecule has 0 fully saturated rings. The fourth-order valence-corrected chi connectivity index (χ4v) is 2.04. The smallest absolute Gasteiger partial charge is 0.325 e. The Morgan fingerprint density at radius 2 is 2.05 bits per heavy atom. The average Bonchev–Trinajstić information content (AvgIpc) is 2.44. The summed E-state index contributed by atoms with van der Waals surface area (Å²) in [5.74, 6) is 1.52. The van der Waals surface area contributed by atoms with Crippen molar-refractivity contribution in [3.8, 4) is 0 Å². The van der Waals surface area contributed by atoms with Crippen LogP contribution in [0.1, 0.15) is 30.3 Å². The molecule has 0 aliphatic carbocycles. The van der Waals surface area contributed by atoms with Gasteiger partial charge in [-0.25, -0.2) is 14.8 Å². The molecule has 0 aromatic carbocycles. The molecule has 21 heavy (non-hydrogen) atoms. The fourth-order valence-electron chi connectivity index (χ4n) is 2.04. The van der Waals surface area contributed by atoms with Crippen LogP contribution < -0.4 is 16.6 Å². The molecule has 0 spiro atoms. The molecule has 7 heteroatoms. The van der Waals surface area contributed by atoms with Gasteiger partial charge in [0, 0.05) is 30.1 Å². The van der Waals surface area contributed by atoms with Crippen LogP contribution in [0.15, 0.2) is 22.0 Å². The molecular formula is C14H19N5O2. The van der Waals surface area contributed by atoms with Crippen LogP contribution in [0, 0.1) is 6.92 Å². The van der Waals surface area contributed by atoms with Gasteiger partial charge >= 0.3 is 5.69 Å². The molecule has 2 aromatic heterocycles. The minimum absolute atomic E-state index is 0.354. The quantitative estimate of drug-likeness (QED) is 0.728. The van der Waals surface area contributed by atoms with E-state index in [0.29, 0.717) is 24.4 Å². The lowest BCUT2D eigenvalue weighted by atomic mass is 10.2. The number of rotatable bonds is 6. The van der Waals surface area contributed by atoms with Crippen LogP contribution in [0.4, 0.5) is 5.82 Å². The third-order valence-corrected chi connectivity index (χ3v) is 3.09. The first-order chi connectivity index (χ1) is 10.1. The van der Waals surface area contributed by atoms with Crippen molar-refractivity contribution >= 4 is 5.82 Å². The van der Waals surface area contributed by atoms with Gasteiger partial charge < -0.3 is 10.3 Å². The second-order valence-electron chi connectivity index (χ2n) is 4.81. The Bertz CT molecular complexity index is 720. The zero-order valence-electron chi connectivity index (χ0n) is 12.2. The van der Waals surface area contributed by atoms with Crippen molar-refractivity contribution in [3.05, 3.63) is 50.2 Å². The Balaban J connectivity index is 2.04. The molecular weight excluding hydrogens is 270 g/mol. The zero-order valence-corrected chi connectivity index (χ0v) is 12.2. The Morgan fingerprint density at radius 1 is 1.24 bits per heavy atom. The van der Waals surface area contributed by atoms with Crippen molar-refractivity contribution in [3.63, 3.8) is 0 Å². The first kappa shape index (κ1) is 15.0. The van der Waals surface area contributed by atoms with Crippen LogP contribution in [-0.2, 0) is 12.8 Å². The summed E-state index contributed by atoms with van der Waals surface area (Å²) >= 11 is 0. The number of hydrogen-bond donors (Lipinski definition) is 3. The third kappa shape index (κ3) is 4.01. The van der Waals surface area contributed by atoms with Crippen LogP contribution in [0.5, 0.6) is 0 Å². The maximum atomic E-state index is 11.6. The summed E-state index contributed by atoms with van der Waals surface area (Å²) in [4.78, 5) is 35.8. The van der Waals surface area contributed by atoms with E-state index >= 15 is 0 Å². The Morgan fingerprint density at radius 3 is 2.76 bits per heavy atom. The number of aryl methyl sites for hydroxylation is 2. The molecule has 2 heterocycles. The van der Waals surface area contributed by atoms with Gasteiger partial charge in [0.15, 0.2) is 0 Å². The Labute approximate surface area is 121 Å². The summed E-state index contributed by atoms with van der Waals surface area (Å²) in [6.45, 7) is 4.50. The topological polar surface area (TPSA) is 104 Å². The lowest BCUT2D eigenvalue weighted by molar-refractivity contribution is 0.876. The van der Waals surface area contributed by atoms with E-state index in [-0.39, 0.29) is 5.56 Å². The molecule has 0 saturated heterocycles. The normalized spacial score (nSPS) is 10.6. The van der Waals surface area contributed by atoms with Gasteiger partial charge in [-0.05, 0) is 19.8 Å². The van der Waals surface area contributed by atoms with Crippen LogP contribution in [-0.4, -0.2) is 26.5 Å². The van der Waals surface area contributed by atoms with E-state index in [2.05, 4.69) is 32.2 Å². The van der Waals surface area contributed by atoms with Gasteiger partial charge in [0.25, 0.3) is 5.56 Å². The number of nitrogens with one attached hydrogen (secondary N) is 3. The van der Waals surface area contributed by atoms with Crippen LogP contribution in [0.2, 0.25) is 0 Å². The number of aromatic nitrogens is 4. The summed E-state index contributed by atoms with van der Waals surface area (Å²) in [5, 5.41) is 3.23. The highest BCUT2D eigenvalue weighted by Gasteiger charge is 2.05. The van der Waals surface area contributed by atoms with E-state index < -0.39 is 5.69 Å². The lowest BCUT2D eigenvalue weighted by Gasteiger charge is -2.10. The molecule has 0 aliphatic heterocycles. The molecule has 0 atom stereocenters. The maximum absolute atomic E-state index is 11.6. The molecule has 2 aromatic rings. The molecule has 2 rings (SSSR count). The zero-order chi connectivity index (χ0) is 15.2. The summed E-state index contributed by atoms with van der Waals surface area (Å²) in [7, 11) is 0. The van der Waals surface area contributed by atoms with Crippen LogP contribution in [0.3, 0.4) is 0 Å². The van der Waals surface area contributed by atoms with Gasteiger partial charge in [-0.3, -0.25) is 9.78 Å². The largest absolute Gasteiger partial charge is 0.369 e. The molecule has 7 nitrogen and oxygen atoms in total. The average molecular weight is 289 g/mol. The van der Waals surface area contributed by atoms with Crippen molar-refractivity contribution in [1.82, 2.24) is 19.9 Å². The van der Waals surface area contributed by atoms with Crippen LogP contribution in [0.25, 0.3) is 0 Å². The van der Waals surface area contributed by atoms with Crippen LogP contribution >= 0.6 is 0 Å². The highest BCUT2D eigenvalue weighted by atomic mass is 16.2. The van der Waals surface area contributed by atoms with Gasteiger partial charge in [0.2, 0.25) is 0 Å². The predicted octanol–water partition coefficient (Wildman–Crippen LogP) is 0.769. The molecule has 0 unspecified atom stereocenters. The molecule has 112 valence electrons. The maximum Gasteiger partial charge on any atom is 0.325 e. The number of hydrogen-bond acceptors (Lipinski definition) is 5. The van der Waals surface area contributed by atoms with E-state index in [1.807, 2.05) is 13.1 Å². The first-order valence-electron chi connectivity index (χ1n) is 6.97. The lowest BCUT2D eigenvalue weighted by Crippen LogP contribution is -2.25. The van der Waals surface area contributed by atoms with Crippen molar-refractivity contribution in [2.24, 2.45) is 0 Å². The second-order valence-corrected chi connectivity index (χ2v) is 4.81. The fraction of sp³-hybridized carbons (Fsp3) is 0.429. The van der Waals surface area contributed by atoms with Crippen molar-refractivity contribution in [1.29, 1.82) is 0 Å². The van der Waals surface area contributed by atoms with Gasteiger partial charge in [-0.2, -0.15) is 0 Å². The summed E-state index contributed by atoms with van der Waals surface area (Å²) < 4.78 is 0. The minimum Gasteiger partial charge on any atom is -0.369 e. The second kappa shape index (κ2) is 6.83. The number of aromatic amines is 2. The highest BCUT2D eigenvalue weighted by Crippen LogP contribution is 2.13. The van der Waals surface area contributed by atoms with Gasteiger partial charge in [-0.1, -0.05) is 13.3 Å². The predicted molar refractivity (Wildman–Crippen MR) is 80.6 cm³/mol. The molecule has 3 N–H and O–H groups in total. The van der Waals surface area contributed by atoms with E-state index in [1.54, 1.807) is 0 Å². The summed E-state index contributed by atoms with van der Waals surface area (Å²) in [5.41, 5.74) is 0.755. The van der Waals surface area contributed by atoms with Gasteiger partial charge in [0.05, 0.1) is 0 Å². The summed E-state index contributed by atoms with van der Waals surface area (Å²) in [6, 6.07) is 0. The van der Waals surface area contributed by atoms with Gasteiger partial charge in [0.1, 0.15) is 11.6 Å². The molecule has 0 radical (unpaired) electrons. The van der Waals surface area contributed by atoms with E-state index in [4.69, 9.17) is 0 Å². The monoisotopic (exact) mass is 289 g/mol. The minimum atomic E-state index is -0.492. The number of H-pyrrole nitrogens is 2. The standard InChI is InChI=1S/C14H19N5O2/c1-3-4-10-7-16-9(2)18-12(10)15-6-5-11-8-17-14(21)19-13(11)20/h7-8H,3-6H2,1-2H3,(H,15,16,18)(H2,17,19,20,21). The van der Waals surface area contributed by atoms with Crippen molar-refractivity contribution in [2.45, 2.75) is 33.1 Å². The third-order valence-electron chi connectivity index (χ3n) is 3.09. The number of nitrogens with zero attached hydrogens (tertiary/aromatic N) is 2. The first-order valence-corrected chi connectivity index (χ1v) is 6.97. The van der Waals surface area contributed by atoms with E-state index in [9.17, 15) is 9.59 Å². The Kier molecular flexibility index (Phi) is 4.86. The Hall–Kier alpha value is -2.44. The summed E-state index contributed by atoms with van der Waals surface area (Å²) in [6.07, 6.45) is 5.70. The highest BCUT2D eigenvalue weighted by molar-refractivity contribution is 5.43. The van der Waals surface area contributed by atoms with E-state index in [1.165, 1.54) is 6.20 Å². The number of anilines is 1. The van der Waals surface area contributed by atoms with Gasteiger partial charge in [-0.15, -0.1) is 0 Å². The van der Waals surface area contributed by atoms with E-state index in [0.717, 1.165) is 24.2 Å². The molecule has 0 aliphatic rings. The SMILES string of the molecule is CCCc1cnc(C)nc1NCCc1c[nH]c(=O)[nH]c1=O. The molecule has 0 bridgehead atoms. The molecule has 0 saturated carbocycles. The van der Waals surface area contributed by atoms with Crippen molar-refractivity contribution < 1.29 is 0 Å².